The number of hydrogen-bond donors (Lipinski definition) is 1. The zero-order valence-corrected chi connectivity index (χ0v) is 12.5. The second-order valence-electron chi connectivity index (χ2n) is 5.33. The van der Waals surface area contributed by atoms with E-state index in [0.29, 0.717) is 11.8 Å². The van der Waals surface area contributed by atoms with Crippen molar-refractivity contribution in [1.82, 2.24) is 10.1 Å². The van der Waals surface area contributed by atoms with E-state index in [4.69, 9.17) is 16.1 Å². The predicted octanol–water partition coefficient (Wildman–Crippen LogP) is 4.49. The lowest BCUT2D eigenvalue weighted by Crippen LogP contribution is -2.07. The van der Waals surface area contributed by atoms with E-state index >= 15 is 0 Å². The molecule has 1 N–H and O–H groups in total. The Labute approximate surface area is 133 Å². The molecule has 0 fully saturated rings. The normalized spacial score (nSPS) is 16.5. The van der Waals surface area contributed by atoms with E-state index in [1.807, 2.05) is 42.5 Å². The van der Waals surface area contributed by atoms with Crippen LogP contribution in [0.25, 0.3) is 11.4 Å². The molecule has 1 heterocycles. The molecule has 0 amide bonds. The zero-order valence-electron chi connectivity index (χ0n) is 11.8. The summed E-state index contributed by atoms with van der Waals surface area (Å²) >= 11 is 6.24. The first-order valence-electron chi connectivity index (χ1n) is 7.24. The minimum absolute atomic E-state index is 0.165. The van der Waals surface area contributed by atoms with Gasteiger partial charge in [-0.1, -0.05) is 59.2 Å². The maximum absolute atomic E-state index is 6.24. The van der Waals surface area contributed by atoms with Gasteiger partial charge in [0.1, 0.15) is 0 Å². The van der Waals surface area contributed by atoms with Crippen LogP contribution in [0.15, 0.2) is 53.1 Å². The average Bonchev–Trinajstić information content (AvgIpc) is 3.17. The highest BCUT2D eigenvalue weighted by Gasteiger charge is 2.25. The molecule has 1 aliphatic carbocycles. The molecular formula is C17H14ClN3O. The molecule has 0 bridgehead atoms. The maximum Gasteiger partial charge on any atom is 0.322 e. The van der Waals surface area contributed by atoms with Gasteiger partial charge >= 0.3 is 6.01 Å². The van der Waals surface area contributed by atoms with Crippen LogP contribution in [-0.4, -0.2) is 10.1 Å². The van der Waals surface area contributed by atoms with E-state index in [1.54, 1.807) is 0 Å². The van der Waals surface area contributed by atoms with Crippen LogP contribution in [0.2, 0.25) is 5.02 Å². The van der Waals surface area contributed by atoms with Crippen LogP contribution in [-0.2, 0) is 6.42 Å². The summed E-state index contributed by atoms with van der Waals surface area (Å²) in [7, 11) is 0. The summed E-state index contributed by atoms with van der Waals surface area (Å²) in [5, 5.41) is 8.17. The molecule has 2 aromatic carbocycles. The molecule has 1 aliphatic rings. The van der Waals surface area contributed by atoms with E-state index in [0.717, 1.165) is 23.4 Å². The monoisotopic (exact) mass is 311 g/mol. The van der Waals surface area contributed by atoms with Crippen molar-refractivity contribution in [3.63, 3.8) is 0 Å². The van der Waals surface area contributed by atoms with Gasteiger partial charge in [0.05, 0.1) is 6.04 Å². The molecule has 0 saturated heterocycles. The van der Waals surface area contributed by atoms with Gasteiger partial charge in [-0.15, -0.1) is 0 Å². The molecule has 3 aromatic rings. The highest BCUT2D eigenvalue weighted by molar-refractivity contribution is 6.31. The molecule has 22 heavy (non-hydrogen) atoms. The van der Waals surface area contributed by atoms with Gasteiger partial charge in [0.25, 0.3) is 0 Å². The lowest BCUT2D eigenvalue weighted by atomic mass is 10.1. The molecular weight excluding hydrogens is 298 g/mol. The van der Waals surface area contributed by atoms with Crippen molar-refractivity contribution < 1.29 is 4.52 Å². The molecule has 0 radical (unpaired) electrons. The zero-order chi connectivity index (χ0) is 14.9. The lowest BCUT2D eigenvalue weighted by Gasteiger charge is -2.11. The summed E-state index contributed by atoms with van der Waals surface area (Å²) in [5.74, 6) is 0.590. The molecule has 0 unspecified atom stereocenters. The number of nitrogens with one attached hydrogen (secondary N) is 1. The molecule has 1 aromatic heterocycles. The number of halogens is 1. The smallest absolute Gasteiger partial charge is 0.322 e. The third kappa shape index (κ3) is 2.35. The van der Waals surface area contributed by atoms with Gasteiger partial charge < -0.3 is 9.84 Å². The van der Waals surface area contributed by atoms with E-state index in [9.17, 15) is 0 Å². The summed E-state index contributed by atoms with van der Waals surface area (Å²) in [6, 6.07) is 16.4. The van der Waals surface area contributed by atoms with Crippen molar-refractivity contribution in [3.05, 3.63) is 64.7 Å². The van der Waals surface area contributed by atoms with Gasteiger partial charge in [0.2, 0.25) is 5.82 Å². The predicted molar refractivity (Wildman–Crippen MR) is 85.9 cm³/mol. The van der Waals surface area contributed by atoms with E-state index in [1.165, 1.54) is 11.1 Å². The lowest BCUT2D eigenvalue weighted by molar-refractivity contribution is 0.427. The summed E-state index contributed by atoms with van der Waals surface area (Å²) in [6.45, 7) is 0. The Morgan fingerprint density at radius 3 is 2.82 bits per heavy atom. The van der Waals surface area contributed by atoms with Crippen molar-refractivity contribution in [1.29, 1.82) is 0 Å². The Morgan fingerprint density at radius 2 is 1.95 bits per heavy atom. The van der Waals surface area contributed by atoms with Crippen LogP contribution in [0.3, 0.4) is 0 Å². The van der Waals surface area contributed by atoms with Gasteiger partial charge in [-0.05, 0) is 30.0 Å². The third-order valence-electron chi connectivity index (χ3n) is 3.97. The van der Waals surface area contributed by atoms with Crippen molar-refractivity contribution in [3.8, 4) is 11.4 Å². The highest BCUT2D eigenvalue weighted by atomic mass is 35.5. The Kier molecular flexibility index (Phi) is 3.31. The van der Waals surface area contributed by atoms with E-state index in [-0.39, 0.29) is 6.04 Å². The van der Waals surface area contributed by atoms with Crippen LogP contribution >= 0.6 is 11.6 Å². The maximum atomic E-state index is 6.24. The SMILES string of the molecule is Clc1cccc2c1CC[C@H]2Nc1nc(-c2ccccc2)no1. The minimum Gasteiger partial charge on any atom is -0.331 e. The van der Waals surface area contributed by atoms with Crippen molar-refractivity contribution in [2.75, 3.05) is 5.32 Å². The van der Waals surface area contributed by atoms with Crippen LogP contribution < -0.4 is 5.32 Å². The molecule has 110 valence electrons. The Hall–Kier alpha value is -2.33. The fourth-order valence-electron chi connectivity index (χ4n) is 2.90. The van der Waals surface area contributed by atoms with Gasteiger partial charge in [-0.25, -0.2) is 0 Å². The minimum atomic E-state index is 0.165. The fourth-order valence-corrected chi connectivity index (χ4v) is 3.17. The number of benzene rings is 2. The van der Waals surface area contributed by atoms with Crippen LogP contribution in [0.1, 0.15) is 23.6 Å². The molecule has 0 aliphatic heterocycles. The molecule has 0 saturated carbocycles. The topological polar surface area (TPSA) is 51.0 Å². The number of fused-ring (bicyclic) bond motifs is 1. The van der Waals surface area contributed by atoms with E-state index < -0.39 is 0 Å². The quantitative estimate of drug-likeness (QED) is 0.774. The standard InChI is InChI=1S/C17H14ClN3O/c18-14-8-4-7-13-12(14)9-10-15(13)19-17-20-16(21-22-17)11-5-2-1-3-6-11/h1-8,15H,9-10H2,(H,19,20,21)/t15-/m1/s1. The second-order valence-corrected chi connectivity index (χ2v) is 5.74. The molecule has 4 nitrogen and oxygen atoms in total. The van der Waals surface area contributed by atoms with Gasteiger partial charge in [-0.3, -0.25) is 0 Å². The van der Waals surface area contributed by atoms with Gasteiger partial charge in [0, 0.05) is 10.6 Å². The first-order chi connectivity index (χ1) is 10.8. The fraction of sp³-hybridized carbons (Fsp3) is 0.176. The average molecular weight is 312 g/mol. The van der Waals surface area contributed by atoms with Crippen molar-refractivity contribution >= 4 is 17.6 Å². The molecule has 5 heteroatoms. The largest absolute Gasteiger partial charge is 0.331 e. The molecule has 1 atom stereocenters. The van der Waals surface area contributed by atoms with Crippen molar-refractivity contribution in [2.24, 2.45) is 0 Å². The van der Waals surface area contributed by atoms with E-state index in [2.05, 4.69) is 21.5 Å². The number of anilines is 1. The summed E-state index contributed by atoms with van der Waals surface area (Å²) in [5.41, 5.74) is 3.37. The summed E-state index contributed by atoms with van der Waals surface area (Å²) in [4.78, 5) is 4.42. The number of rotatable bonds is 3. The number of aromatic nitrogens is 2. The molecule has 0 spiro atoms. The highest BCUT2D eigenvalue weighted by Crippen LogP contribution is 2.37. The molecule has 4 rings (SSSR count). The van der Waals surface area contributed by atoms with Crippen molar-refractivity contribution in [2.45, 2.75) is 18.9 Å². The Balaban J connectivity index is 1.57. The second kappa shape index (κ2) is 5.46. The first-order valence-corrected chi connectivity index (χ1v) is 7.62. The van der Waals surface area contributed by atoms with Crippen LogP contribution in [0, 0.1) is 0 Å². The summed E-state index contributed by atoms with van der Waals surface area (Å²) < 4.78 is 5.32. The van der Waals surface area contributed by atoms with Gasteiger partial charge in [0.15, 0.2) is 0 Å². The van der Waals surface area contributed by atoms with Crippen LogP contribution in [0.4, 0.5) is 6.01 Å². The van der Waals surface area contributed by atoms with Gasteiger partial charge in [-0.2, -0.15) is 4.98 Å². The van der Waals surface area contributed by atoms with Crippen LogP contribution in [0.5, 0.6) is 0 Å². The first kappa shape index (κ1) is 13.3. The summed E-state index contributed by atoms with van der Waals surface area (Å²) in [6.07, 6.45) is 1.94. The Morgan fingerprint density at radius 1 is 1.09 bits per heavy atom. The third-order valence-corrected chi connectivity index (χ3v) is 4.32. The Bertz CT molecular complexity index is 801. The number of nitrogens with zero attached hydrogens (tertiary/aromatic N) is 2. The number of hydrogen-bond acceptors (Lipinski definition) is 4.